The van der Waals surface area contributed by atoms with E-state index in [9.17, 15) is 4.79 Å². The van der Waals surface area contributed by atoms with Gasteiger partial charge in [0, 0.05) is 12.8 Å². The van der Waals surface area contributed by atoms with Crippen molar-refractivity contribution >= 4 is 16.8 Å². The van der Waals surface area contributed by atoms with Crippen molar-refractivity contribution in [3.63, 3.8) is 0 Å². The zero-order valence-electron chi connectivity index (χ0n) is 16.1. The molecule has 0 N–H and O–H groups in total. The molecule has 0 unspecified atom stereocenters. The van der Waals surface area contributed by atoms with Crippen LogP contribution in [0.2, 0.25) is 0 Å². The number of hydrogen-bond acceptors (Lipinski definition) is 3. The van der Waals surface area contributed by atoms with E-state index in [-0.39, 0.29) is 0 Å². The number of fused-ring (bicyclic) bond motifs is 1. The van der Waals surface area contributed by atoms with Crippen molar-refractivity contribution in [3.8, 4) is 0 Å². The van der Waals surface area contributed by atoms with Gasteiger partial charge in [0.2, 0.25) is 0 Å². The Balaban J connectivity index is 2.25. The minimum absolute atomic E-state index is 0.319. The fourth-order valence-corrected chi connectivity index (χ4v) is 3.06. The second kappa shape index (κ2) is 10.3. The van der Waals surface area contributed by atoms with E-state index in [1.807, 2.05) is 12.1 Å². The summed E-state index contributed by atoms with van der Waals surface area (Å²) in [5.41, 5.74) is 5.26. The molecule has 0 bridgehead atoms. The number of carbonyl (C=O) groups excluding carboxylic acids is 1. The van der Waals surface area contributed by atoms with Gasteiger partial charge in [-0.25, -0.2) is 9.97 Å². The maximum atomic E-state index is 12.1. The number of hydrogen-bond donors (Lipinski definition) is 0. The number of Topliss-reactive ketones (excluding diaryl/α,β-unsaturated/α-hetero) is 1. The monoisotopic (exact) mass is 340 g/mol. The van der Waals surface area contributed by atoms with Crippen LogP contribution < -0.4 is 0 Å². The van der Waals surface area contributed by atoms with E-state index < -0.39 is 0 Å². The van der Waals surface area contributed by atoms with Crippen LogP contribution in [0.1, 0.15) is 82.7 Å². The zero-order valence-corrected chi connectivity index (χ0v) is 16.1. The van der Waals surface area contributed by atoms with Crippen LogP contribution in [0.25, 0.3) is 11.0 Å². The van der Waals surface area contributed by atoms with Gasteiger partial charge in [-0.3, -0.25) is 4.79 Å². The summed E-state index contributed by atoms with van der Waals surface area (Å²) in [5, 5.41) is 0. The minimum atomic E-state index is 0.319. The number of benzene rings is 1. The van der Waals surface area contributed by atoms with Crippen molar-refractivity contribution < 1.29 is 4.79 Å². The molecule has 0 fully saturated rings. The molecule has 0 amide bonds. The van der Waals surface area contributed by atoms with Crippen LogP contribution in [-0.2, 0) is 24.1 Å². The van der Waals surface area contributed by atoms with Crippen LogP contribution in [0.15, 0.2) is 18.2 Å². The summed E-state index contributed by atoms with van der Waals surface area (Å²) in [6.07, 6.45) is 9.89. The summed E-state index contributed by atoms with van der Waals surface area (Å²) in [5.74, 6) is 0.319. The molecule has 1 aromatic heterocycles. The molecule has 0 aliphatic rings. The molecule has 1 heterocycles. The second-order valence-corrected chi connectivity index (χ2v) is 6.97. The highest BCUT2D eigenvalue weighted by Crippen LogP contribution is 2.19. The smallest absolute Gasteiger partial charge is 0.137 e. The average Bonchev–Trinajstić information content (AvgIpc) is 2.62. The standard InChI is InChI=1S/C22H32N2O/c1-4-7-10-18(25)15-17-13-14-21-22(16-17)24-20(12-9-6-3)19(23-21)11-8-5-2/h13-14,16H,4-12,15H2,1-3H3. The largest absolute Gasteiger partial charge is 0.299 e. The van der Waals surface area contributed by atoms with E-state index >= 15 is 0 Å². The molecule has 0 aliphatic heterocycles. The first-order chi connectivity index (χ1) is 12.2. The Morgan fingerprint density at radius 1 is 0.840 bits per heavy atom. The van der Waals surface area contributed by atoms with Crippen LogP contribution >= 0.6 is 0 Å². The molecule has 3 nitrogen and oxygen atoms in total. The molecule has 0 spiro atoms. The molecule has 0 radical (unpaired) electrons. The Morgan fingerprint density at radius 3 is 2.04 bits per heavy atom. The number of carbonyl (C=O) groups is 1. The molecule has 2 rings (SSSR count). The van der Waals surface area contributed by atoms with Gasteiger partial charge in [0.1, 0.15) is 5.78 Å². The number of unbranched alkanes of at least 4 members (excludes halogenated alkanes) is 3. The predicted octanol–water partition coefficient (Wildman–Crippen LogP) is 5.62. The van der Waals surface area contributed by atoms with Crippen molar-refractivity contribution in [1.29, 1.82) is 0 Å². The SMILES string of the molecule is CCCCC(=O)Cc1ccc2nc(CCCC)c(CCCC)nc2c1. The Kier molecular flexibility index (Phi) is 8.03. The van der Waals surface area contributed by atoms with Gasteiger partial charge in [-0.2, -0.15) is 0 Å². The summed E-state index contributed by atoms with van der Waals surface area (Å²) < 4.78 is 0. The van der Waals surface area contributed by atoms with Crippen LogP contribution in [-0.4, -0.2) is 15.8 Å². The van der Waals surface area contributed by atoms with Gasteiger partial charge in [0.05, 0.1) is 22.4 Å². The lowest BCUT2D eigenvalue weighted by molar-refractivity contribution is -0.118. The third-order valence-corrected chi connectivity index (χ3v) is 4.63. The minimum Gasteiger partial charge on any atom is -0.299 e. The summed E-state index contributed by atoms with van der Waals surface area (Å²) in [4.78, 5) is 21.9. The van der Waals surface area contributed by atoms with Crippen LogP contribution in [0.5, 0.6) is 0 Å². The van der Waals surface area contributed by atoms with Gasteiger partial charge in [-0.05, 0) is 49.8 Å². The summed E-state index contributed by atoms with van der Waals surface area (Å²) >= 11 is 0. The molecule has 136 valence electrons. The van der Waals surface area contributed by atoms with Crippen molar-refractivity contribution in [1.82, 2.24) is 9.97 Å². The second-order valence-electron chi connectivity index (χ2n) is 6.97. The number of ketones is 1. The van der Waals surface area contributed by atoms with E-state index in [2.05, 4.69) is 26.8 Å². The van der Waals surface area contributed by atoms with Gasteiger partial charge in [0.15, 0.2) is 0 Å². The number of nitrogens with zero attached hydrogens (tertiary/aromatic N) is 2. The fourth-order valence-electron chi connectivity index (χ4n) is 3.06. The van der Waals surface area contributed by atoms with Gasteiger partial charge in [-0.15, -0.1) is 0 Å². The summed E-state index contributed by atoms with van der Waals surface area (Å²) in [7, 11) is 0. The molecule has 1 aromatic carbocycles. The normalized spacial score (nSPS) is 11.2. The highest BCUT2D eigenvalue weighted by atomic mass is 16.1. The van der Waals surface area contributed by atoms with Gasteiger partial charge in [0.25, 0.3) is 0 Å². The first-order valence-electron chi connectivity index (χ1n) is 9.98. The van der Waals surface area contributed by atoms with Gasteiger partial charge >= 0.3 is 0 Å². The van der Waals surface area contributed by atoms with Gasteiger partial charge < -0.3 is 0 Å². The summed E-state index contributed by atoms with van der Waals surface area (Å²) in [6.45, 7) is 6.54. The van der Waals surface area contributed by atoms with Crippen LogP contribution in [0.4, 0.5) is 0 Å². The van der Waals surface area contributed by atoms with E-state index in [1.54, 1.807) is 0 Å². The first kappa shape index (κ1) is 19.6. The van der Waals surface area contributed by atoms with E-state index in [0.29, 0.717) is 18.6 Å². The Hall–Kier alpha value is -1.77. The third kappa shape index (κ3) is 5.91. The van der Waals surface area contributed by atoms with Gasteiger partial charge in [-0.1, -0.05) is 46.1 Å². The molecule has 0 saturated heterocycles. The molecular weight excluding hydrogens is 308 g/mol. The first-order valence-corrected chi connectivity index (χ1v) is 9.98. The van der Waals surface area contributed by atoms with Crippen molar-refractivity contribution in [3.05, 3.63) is 35.2 Å². The highest BCUT2D eigenvalue weighted by Gasteiger charge is 2.10. The molecule has 3 heteroatoms. The van der Waals surface area contributed by atoms with E-state index in [0.717, 1.165) is 66.5 Å². The maximum Gasteiger partial charge on any atom is 0.137 e. The highest BCUT2D eigenvalue weighted by molar-refractivity contribution is 5.83. The fraction of sp³-hybridized carbons (Fsp3) is 0.591. The molecule has 25 heavy (non-hydrogen) atoms. The van der Waals surface area contributed by atoms with Crippen molar-refractivity contribution in [2.24, 2.45) is 0 Å². The van der Waals surface area contributed by atoms with Crippen LogP contribution in [0, 0.1) is 0 Å². The van der Waals surface area contributed by atoms with Crippen molar-refractivity contribution in [2.75, 3.05) is 0 Å². The Bertz CT molecular complexity index is 694. The number of aromatic nitrogens is 2. The molecule has 0 saturated carbocycles. The average molecular weight is 341 g/mol. The predicted molar refractivity (Wildman–Crippen MR) is 105 cm³/mol. The molecule has 0 atom stereocenters. The van der Waals surface area contributed by atoms with Crippen molar-refractivity contribution in [2.45, 2.75) is 85.0 Å². The molecule has 0 aliphatic carbocycles. The maximum absolute atomic E-state index is 12.1. The number of rotatable bonds is 11. The lowest BCUT2D eigenvalue weighted by atomic mass is 10.0. The quantitative estimate of drug-likeness (QED) is 0.533. The molecule has 2 aromatic rings. The third-order valence-electron chi connectivity index (χ3n) is 4.63. The van der Waals surface area contributed by atoms with Crippen LogP contribution in [0.3, 0.4) is 0 Å². The van der Waals surface area contributed by atoms with E-state index in [1.165, 1.54) is 12.8 Å². The topological polar surface area (TPSA) is 42.9 Å². The van der Waals surface area contributed by atoms with E-state index in [4.69, 9.17) is 9.97 Å². The Labute approximate surface area is 152 Å². The Morgan fingerprint density at radius 2 is 1.44 bits per heavy atom. The lowest BCUT2D eigenvalue weighted by Crippen LogP contribution is -2.05. The lowest BCUT2D eigenvalue weighted by Gasteiger charge is -2.10. The summed E-state index contributed by atoms with van der Waals surface area (Å²) in [6, 6.07) is 6.13. The zero-order chi connectivity index (χ0) is 18.1. The molecular formula is C22H32N2O. The number of aryl methyl sites for hydroxylation is 2.